The Hall–Kier alpha value is -0.930. The van der Waals surface area contributed by atoms with Crippen LogP contribution < -0.4 is 0 Å². The average molecular weight is 273 g/mol. The lowest BCUT2D eigenvalue weighted by Gasteiger charge is -2.16. The number of allylic oxidation sites excluding steroid dienone is 1. The van der Waals surface area contributed by atoms with Crippen LogP contribution in [-0.4, -0.2) is 5.11 Å². The van der Waals surface area contributed by atoms with Crippen LogP contribution in [-0.2, 0) is 0 Å². The number of halogens is 3. The van der Waals surface area contributed by atoms with E-state index in [0.29, 0.717) is 0 Å². The molecule has 4 heteroatoms. The van der Waals surface area contributed by atoms with Crippen LogP contribution in [0.3, 0.4) is 0 Å². The first-order chi connectivity index (χ1) is 8.59. The Morgan fingerprint density at radius 3 is 2.67 bits per heavy atom. The molecule has 0 aromatic heterocycles. The smallest absolute Gasteiger partial charge is 0.142 e. The van der Waals surface area contributed by atoms with Crippen molar-refractivity contribution in [3.8, 4) is 0 Å². The molecule has 1 nitrogen and oxygen atoms in total. The number of aliphatic hydroxyl groups is 1. The van der Waals surface area contributed by atoms with E-state index in [2.05, 4.69) is 0 Å². The monoisotopic (exact) mass is 272 g/mol. The molecule has 0 aliphatic heterocycles. The highest BCUT2D eigenvalue weighted by molar-refractivity contribution is 6.30. The van der Waals surface area contributed by atoms with Gasteiger partial charge in [-0.05, 0) is 43.4 Å². The molecule has 98 valence electrons. The molecule has 18 heavy (non-hydrogen) atoms. The summed E-state index contributed by atoms with van der Waals surface area (Å²) in [6.45, 7) is 0. The van der Waals surface area contributed by atoms with Gasteiger partial charge in [0.05, 0.1) is 5.02 Å². The molecule has 0 fully saturated rings. The highest BCUT2D eigenvalue weighted by Gasteiger charge is 2.20. The second kappa shape index (κ2) is 5.81. The fourth-order valence-corrected chi connectivity index (χ4v) is 2.39. The number of hydrogen-bond donors (Lipinski definition) is 1. The van der Waals surface area contributed by atoms with Gasteiger partial charge in [-0.25, -0.2) is 8.78 Å². The minimum atomic E-state index is -1.07. The Labute approximate surface area is 110 Å². The van der Waals surface area contributed by atoms with Gasteiger partial charge >= 0.3 is 0 Å². The van der Waals surface area contributed by atoms with Crippen LogP contribution in [0.4, 0.5) is 8.78 Å². The van der Waals surface area contributed by atoms with E-state index in [1.807, 2.05) is 6.08 Å². The molecule has 1 aromatic carbocycles. The van der Waals surface area contributed by atoms with Crippen LogP contribution in [0.1, 0.15) is 43.8 Å². The third-order valence-corrected chi connectivity index (χ3v) is 3.55. The van der Waals surface area contributed by atoms with Gasteiger partial charge in [0.15, 0.2) is 0 Å². The molecule has 1 N–H and O–H groups in total. The van der Waals surface area contributed by atoms with E-state index in [1.54, 1.807) is 0 Å². The van der Waals surface area contributed by atoms with Crippen LogP contribution in [0.5, 0.6) is 0 Å². The predicted octanol–water partition coefficient (Wildman–Crippen LogP) is 4.54. The number of rotatable bonds is 2. The van der Waals surface area contributed by atoms with Crippen molar-refractivity contribution in [3.05, 3.63) is 46.0 Å². The number of aliphatic hydroxyl groups excluding tert-OH is 1. The van der Waals surface area contributed by atoms with Crippen molar-refractivity contribution >= 4 is 11.6 Å². The molecule has 0 spiro atoms. The summed E-state index contributed by atoms with van der Waals surface area (Å²) >= 11 is 5.49. The van der Waals surface area contributed by atoms with E-state index < -0.39 is 17.7 Å². The van der Waals surface area contributed by atoms with Crippen molar-refractivity contribution in [2.24, 2.45) is 0 Å². The molecule has 1 atom stereocenters. The number of hydrogen-bond acceptors (Lipinski definition) is 1. The molecular weight excluding hydrogens is 258 g/mol. The van der Waals surface area contributed by atoms with Crippen molar-refractivity contribution in [1.29, 1.82) is 0 Å². The molecule has 1 aromatic rings. The molecule has 0 radical (unpaired) electrons. The van der Waals surface area contributed by atoms with Crippen LogP contribution >= 0.6 is 11.6 Å². The molecule has 0 heterocycles. The van der Waals surface area contributed by atoms with Crippen molar-refractivity contribution in [1.82, 2.24) is 0 Å². The van der Waals surface area contributed by atoms with Crippen molar-refractivity contribution < 1.29 is 13.9 Å². The maximum absolute atomic E-state index is 13.7. The molecule has 0 saturated heterocycles. The second-order valence-electron chi connectivity index (χ2n) is 4.57. The van der Waals surface area contributed by atoms with E-state index in [0.717, 1.165) is 49.8 Å². The average Bonchev–Trinajstić information content (AvgIpc) is 2.61. The zero-order valence-electron chi connectivity index (χ0n) is 9.93. The summed E-state index contributed by atoms with van der Waals surface area (Å²) in [7, 11) is 0. The Bertz CT molecular complexity index is 471. The van der Waals surface area contributed by atoms with Crippen molar-refractivity contribution in [3.63, 3.8) is 0 Å². The van der Waals surface area contributed by atoms with Gasteiger partial charge in [0.25, 0.3) is 0 Å². The molecule has 1 unspecified atom stereocenters. The van der Waals surface area contributed by atoms with Gasteiger partial charge in [0, 0.05) is 5.56 Å². The topological polar surface area (TPSA) is 20.2 Å². The summed E-state index contributed by atoms with van der Waals surface area (Å²) < 4.78 is 27.0. The first-order valence-corrected chi connectivity index (χ1v) is 6.49. The highest BCUT2D eigenvalue weighted by Crippen LogP contribution is 2.32. The summed E-state index contributed by atoms with van der Waals surface area (Å²) in [4.78, 5) is 0. The lowest BCUT2D eigenvalue weighted by molar-refractivity contribution is 0.205. The third kappa shape index (κ3) is 2.90. The summed E-state index contributed by atoms with van der Waals surface area (Å²) in [5.74, 6) is -1.37. The molecule has 2 rings (SSSR count). The van der Waals surface area contributed by atoms with Gasteiger partial charge in [-0.1, -0.05) is 24.1 Å². The molecule has 0 bridgehead atoms. The first-order valence-electron chi connectivity index (χ1n) is 6.11. The van der Waals surface area contributed by atoms with Crippen LogP contribution in [0.25, 0.3) is 0 Å². The Morgan fingerprint density at radius 1 is 1.11 bits per heavy atom. The largest absolute Gasteiger partial charge is 0.384 e. The van der Waals surface area contributed by atoms with Crippen molar-refractivity contribution in [2.45, 2.75) is 38.2 Å². The normalized spacial score (nSPS) is 18.1. The zero-order valence-corrected chi connectivity index (χ0v) is 10.7. The SMILES string of the molecule is OC(C1=CCCCCC1)c1cc(F)c(Cl)cc1F. The summed E-state index contributed by atoms with van der Waals surface area (Å²) in [6, 6.07) is 1.89. The van der Waals surface area contributed by atoms with Gasteiger partial charge in [-0.3, -0.25) is 0 Å². The Kier molecular flexibility index (Phi) is 4.36. The van der Waals surface area contributed by atoms with Crippen LogP contribution in [0.2, 0.25) is 5.02 Å². The molecule has 0 amide bonds. The lowest BCUT2D eigenvalue weighted by atomic mass is 9.97. The highest BCUT2D eigenvalue weighted by atomic mass is 35.5. The van der Waals surface area contributed by atoms with Gasteiger partial charge in [0.2, 0.25) is 0 Å². The van der Waals surface area contributed by atoms with Gasteiger partial charge in [0.1, 0.15) is 17.7 Å². The standard InChI is InChI=1S/C14H15ClF2O/c15-11-8-12(16)10(7-13(11)17)14(18)9-5-3-1-2-4-6-9/h5,7-8,14,18H,1-4,6H2. The fourth-order valence-electron chi connectivity index (χ4n) is 2.24. The lowest BCUT2D eigenvalue weighted by Crippen LogP contribution is -2.05. The third-order valence-electron chi connectivity index (χ3n) is 3.26. The fraction of sp³-hybridized carbons (Fsp3) is 0.429. The zero-order chi connectivity index (χ0) is 13.1. The van der Waals surface area contributed by atoms with E-state index in [-0.39, 0.29) is 10.6 Å². The Morgan fingerprint density at radius 2 is 1.89 bits per heavy atom. The van der Waals surface area contributed by atoms with E-state index in [1.165, 1.54) is 0 Å². The summed E-state index contributed by atoms with van der Waals surface area (Å²) in [6.07, 6.45) is 5.62. The first kappa shape index (κ1) is 13.5. The second-order valence-corrected chi connectivity index (χ2v) is 4.98. The van der Waals surface area contributed by atoms with E-state index in [9.17, 15) is 13.9 Å². The number of benzene rings is 1. The molecular formula is C14H15ClF2O. The van der Waals surface area contributed by atoms with Gasteiger partial charge in [-0.15, -0.1) is 0 Å². The maximum atomic E-state index is 13.7. The van der Waals surface area contributed by atoms with E-state index in [4.69, 9.17) is 11.6 Å². The van der Waals surface area contributed by atoms with Crippen molar-refractivity contribution in [2.75, 3.05) is 0 Å². The van der Waals surface area contributed by atoms with Gasteiger partial charge in [-0.2, -0.15) is 0 Å². The molecule has 0 saturated carbocycles. The molecule has 1 aliphatic carbocycles. The van der Waals surface area contributed by atoms with Crippen LogP contribution in [0, 0.1) is 11.6 Å². The minimum absolute atomic E-state index is 0.0370. The van der Waals surface area contributed by atoms with E-state index >= 15 is 0 Å². The Balaban J connectivity index is 2.30. The predicted molar refractivity (Wildman–Crippen MR) is 67.5 cm³/mol. The molecule has 1 aliphatic rings. The van der Waals surface area contributed by atoms with Gasteiger partial charge < -0.3 is 5.11 Å². The summed E-state index contributed by atoms with van der Waals surface area (Å²) in [5, 5.41) is 9.88. The summed E-state index contributed by atoms with van der Waals surface area (Å²) in [5.41, 5.74) is 0.734. The van der Waals surface area contributed by atoms with Crippen LogP contribution in [0.15, 0.2) is 23.8 Å². The quantitative estimate of drug-likeness (QED) is 0.619. The minimum Gasteiger partial charge on any atom is -0.384 e. The maximum Gasteiger partial charge on any atom is 0.142 e.